The van der Waals surface area contributed by atoms with Gasteiger partial charge in [-0.1, -0.05) is 5.92 Å². The molecule has 0 saturated carbocycles. The molecule has 1 amide bonds. The normalized spacial score (nSPS) is 11.6. The summed E-state index contributed by atoms with van der Waals surface area (Å²) in [6, 6.07) is -0.802. The minimum absolute atomic E-state index is 0.0362. The zero-order valence-corrected chi connectivity index (χ0v) is 7.12. The number of amides is 1. The lowest BCUT2D eigenvalue weighted by Gasteiger charge is -2.10. The molecule has 0 fully saturated rings. The van der Waals surface area contributed by atoms with Crippen molar-refractivity contribution in [2.75, 3.05) is 6.54 Å². The molecule has 0 aromatic heterocycles. The van der Waals surface area contributed by atoms with Gasteiger partial charge in [-0.3, -0.25) is 14.9 Å². The van der Waals surface area contributed by atoms with Crippen LogP contribution in [0, 0.1) is 12.3 Å². The van der Waals surface area contributed by atoms with Crippen LogP contribution in [0.3, 0.4) is 0 Å². The van der Waals surface area contributed by atoms with E-state index < -0.39 is 17.9 Å². The Morgan fingerprint density at radius 2 is 2.23 bits per heavy atom. The molecule has 0 aromatic rings. The number of carboxylic acid groups (broad SMARTS) is 1. The van der Waals surface area contributed by atoms with Crippen molar-refractivity contribution in [3.8, 4) is 12.3 Å². The number of hydrogen-bond donors (Lipinski definition) is 3. The fourth-order valence-corrected chi connectivity index (χ4v) is 0.782. The van der Waals surface area contributed by atoms with Crippen molar-refractivity contribution >= 4 is 11.9 Å². The molecule has 5 heteroatoms. The lowest BCUT2D eigenvalue weighted by Crippen LogP contribution is -2.37. The summed E-state index contributed by atoms with van der Waals surface area (Å²) >= 11 is 0. The van der Waals surface area contributed by atoms with E-state index in [9.17, 15) is 9.59 Å². The number of primary amides is 1. The van der Waals surface area contributed by atoms with Crippen molar-refractivity contribution < 1.29 is 14.7 Å². The average Bonchev–Trinajstić information content (AvgIpc) is 2.03. The zero-order chi connectivity index (χ0) is 10.3. The maximum atomic E-state index is 10.5. The summed E-state index contributed by atoms with van der Waals surface area (Å²) in [5.74, 6) is 0.699. The number of aliphatic carboxylic acids is 1. The van der Waals surface area contributed by atoms with Crippen molar-refractivity contribution in [1.82, 2.24) is 5.32 Å². The maximum absolute atomic E-state index is 10.5. The Labute approximate surface area is 76.3 Å². The summed E-state index contributed by atoms with van der Waals surface area (Å²) in [7, 11) is 0. The van der Waals surface area contributed by atoms with Gasteiger partial charge in [0, 0.05) is 6.42 Å². The van der Waals surface area contributed by atoms with Gasteiger partial charge in [0.2, 0.25) is 5.91 Å². The first-order valence-electron chi connectivity index (χ1n) is 3.76. The molecule has 0 bridgehead atoms. The van der Waals surface area contributed by atoms with E-state index in [1.165, 1.54) is 0 Å². The van der Waals surface area contributed by atoms with Gasteiger partial charge in [-0.15, -0.1) is 6.42 Å². The maximum Gasteiger partial charge on any atom is 0.320 e. The van der Waals surface area contributed by atoms with E-state index >= 15 is 0 Å². The smallest absolute Gasteiger partial charge is 0.320 e. The lowest BCUT2D eigenvalue weighted by atomic mass is 10.1. The van der Waals surface area contributed by atoms with Crippen molar-refractivity contribution in [2.45, 2.75) is 18.9 Å². The van der Waals surface area contributed by atoms with Crippen LogP contribution in [0.4, 0.5) is 0 Å². The summed E-state index contributed by atoms with van der Waals surface area (Å²) < 4.78 is 0. The Hall–Kier alpha value is -1.54. The molecule has 72 valence electrons. The Balaban J connectivity index is 3.89. The summed E-state index contributed by atoms with van der Waals surface area (Å²) in [6.45, 7) is 0.162. The zero-order valence-electron chi connectivity index (χ0n) is 7.12. The van der Waals surface area contributed by atoms with Crippen molar-refractivity contribution in [3.63, 3.8) is 0 Å². The second kappa shape index (κ2) is 6.03. The predicted octanol–water partition coefficient (Wildman–Crippen LogP) is -1.07. The van der Waals surface area contributed by atoms with Crippen LogP contribution in [0.15, 0.2) is 0 Å². The lowest BCUT2D eigenvalue weighted by molar-refractivity contribution is -0.139. The number of carboxylic acids is 1. The molecule has 0 spiro atoms. The second-order valence-corrected chi connectivity index (χ2v) is 2.48. The van der Waals surface area contributed by atoms with Crippen LogP contribution < -0.4 is 11.1 Å². The molecule has 0 radical (unpaired) electrons. The fraction of sp³-hybridized carbons (Fsp3) is 0.500. The van der Waals surface area contributed by atoms with Gasteiger partial charge in [-0.25, -0.2) is 0 Å². The standard InChI is InChI=1S/C8H12N2O3/c1-2-5-10-6(8(12)13)3-4-7(9)11/h1,6,10H,3-5H2,(H2,9,11)(H,12,13)/t6-/m0/s1. The van der Waals surface area contributed by atoms with E-state index in [0.717, 1.165) is 0 Å². The van der Waals surface area contributed by atoms with Crippen LogP contribution >= 0.6 is 0 Å². The van der Waals surface area contributed by atoms with Gasteiger partial charge in [-0.2, -0.15) is 0 Å². The molecule has 0 aliphatic carbocycles. The number of carbonyl (C=O) groups is 2. The molecule has 0 aliphatic heterocycles. The molecule has 0 aromatic carbocycles. The summed E-state index contributed by atoms with van der Waals surface area (Å²) in [5, 5.41) is 11.2. The van der Waals surface area contributed by atoms with Gasteiger partial charge in [0.1, 0.15) is 6.04 Å². The number of nitrogens with two attached hydrogens (primary N) is 1. The summed E-state index contributed by atoms with van der Waals surface area (Å²) in [6.07, 6.45) is 5.13. The highest BCUT2D eigenvalue weighted by Gasteiger charge is 2.16. The molecule has 1 atom stereocenters. The molecule has 0 saturated heterocycles. The first-order chi connectivity index (χ1) is 6.07. The molecular weight excluding hydrogens is 172 g/mol. The van der Waals surface area contributed by atoms with Crippen LogP contribution in [-0.2, 0) is 9.59 Å². The average molecular weight is 184 g/mol. The first kappa shape index (κ1) is 11.5. The Morgan fingerprint density at radius 3 is 2.62 bits per heavy atom. The summed E-state index contributed by atoms with van der Waals surface area (Å²) in [4.78, 5) is 20.9. The monoisotopic (exact) mass is 184 g/mol. The Bertz CT molecular complexity index is 232. The number of nitrogens with one attached hydrogen (secondary N) is 1. The van der Waals surface area contributed by atoms with Gasteiger partial charge in [0.25, 0.3) is 0 Å². The third kappa shape index (κ3) is 5.70. The topological polar surface area (TPSA) is 92.4 Å². The van der Waals surface area contributed by atoms with E-state index in [-0.39, 0.29) is 19.4 Å². The number of terminal acetylenes is 1. The SMILES string of the molecule is C#CCN[C@@H](CCC(N)=O)C(=O)O. The molecule has 0 unspecified atom stereocenters. The van der Waals surface area contributed by atoms with E-state index in [1.807, 2.05) is 0 Å². The van der Waals surface area contributed by atoms with Gasteiger partial charge in [0.15, 0.2) is 0 Å². The van der Waals surface area contributed by atoms with E-state index in [1.54, 1.807) is 0 Å². The molecule has 4 N–H and O–H groups in total. The molecule has 0 rings (SSSR count). The quantitative estimate of drug-likeness (QED) is 0.458. The predicted molar refractivity (Wildman–Crippen MR) is 46.7 cm³/mol. The van der Waals surface area contributed by atoms with Gasteiger partial charge >= 0.3 is 5.97 Å². The molecule has 13 heavy (non-hydrogen) atoms. The first-order valence-corrected chi connectivity index (χ1v) is 3.76. The third-order valence-corrected chi connectivity index (χ3v) is 1.43. The minimum Gasteiger partial charge on any atom is -0.480 e. The largest absolute Gasteiger partial charge is 0.480 e. The van der Waals surface area contributed by atoms with Gasteiger partial charge < -0.3 is 10.8 Å². The highest BCUT2D eigenvalue weighted by atomic mass is 16.4. The van der Waals surface area contributed by atoms with Crippen LogP contribution in [0.25, 0.3) is 0 Å². The van der Waals surface area contributed by atoms with E-state index in [4.69, 9.17) is 17.3 Å². The second-order valence-electron chi connectivity index (χ2n) is 2.48. The van der Waals surface area contributed by atoms with Gasteiger partial charge in [0.05, 0.1) is 6.54 Å². The molecule has 0 heterocycles. The Morgan fingerprint density at radius 1 is 1.62 bits per heavy atom. The van der Waals surface area contributed by atoms with Crippen molar-refractivity contribution in [2.24, 2.45) is 5.73 Å². The van der Waals surface area contributed by atoms with Crippen LogP contribution in [0.5, 0.6) is 0 Å². The highest BCUT2D eigenvalue weighted by Crippen LogP contribution is 1.96. The fourth-order valence-electron chi connectivity index (χ4n) is 0.782. The van der Waals surface area contributed by atoms with Crippen LogP contribution in [0.2, 0.25) is 0 Å². The highest BCUT2D eigenvalue weighted by molar-refractivity contribution is 5.77. The number of rotatable bonds is 6. The van der Waals surface area contributed by atoms with Crippen molar-refractivity contribution in [3.05, 3.63) is 0 Å². The summed E-state index contributed by atoms with van der Waals surface area (Å²) in [5.41, 5.74) is 4.87. The molecule has 0 aliphatic rings. The van der Waals surface area contributed by atoms with E-state index in [2.05, 4.69) is 11.2 Å². The van der Waals surface area contributed by atoms with E-state index in [0.29, 0.717) is 0 Å². The number of hydrogen-bond acceptors (Lipinski definition) is 3. The van der Waals surface area contributed by atoms with Crippen LogP contribution in [0.1, 0.15) is 12.8 Å². The van der Waals surface area contributed by atoms with Crippen molar-refractivity contribution in [1.29, 1.82) is 0 Å². The number of carbonyl (C=O) groups excluding carboxylic acids is 1. The third-order valence-electron chi connectivity index (χ3n) is 1.43. The molecular formula is C8H12N2O3. The Kier molecular flexibility index (Phi) is 5.32. The molecule has 5 nitrogen and oxygen atoms in total. The van der Waals surface area contributed by atoms with Gasteiger partial charge in [-0.05, 0) is 6.42 Å². The minimum atomic E-state index is -1.03. The van der Waals surface area contributed by atoms with Crippen LogP contribution in [-0.4, -0.2) is 29.6 Å².